The van der Waals surface area contributed by atoms with Crippen molar-refractivity contribution in [3.63, 3.8) is 0 Å². The van der Waals surface area contributed by atoms with Crippen LogP contribution in [0.2, 0.25) is 0 Å². The third kappa shape index (κ3) is 5.42. The van der Waals surface area contributed by atoms with Crippen LogP contribution in [0, 0.1) is 0 Å². The van der Waals surface area contributed by atoms with Crippen LogP contribution in [0.5, 0.6) is 0 Å². The van der Waals surface area contributed by atoms with Gasteiger partial charge in [0.25, 0.3) is 5.22 Å². The van der Waals surface area contributed by atoms with Crippen LogP contribution in [-0.4, -0.2) is 42.7 Å². The van der Waals surface area contributed by atoms with Gasteiger partial charge in [-0.25, -0.2) is 9.67 Å². The summed E-state index contributed by atoms with van der Waals surface area (Å²) in [7, 11) is 0. The molecule has 1 N–H and O–H groups in total. The van der Waals surface area contributed by atoms with Crippen LogP contribution < -0.4 is 5.32 Å². The molecule has 0 bridgehead atoms. The maximum atomic E-state index is 12.2. The fourth-order valence-corrected chi connectivity index (χ4v) is 3.35. The van der Waals surface area contributed by atoms with Gasteiger partial charge >= 0.3 is 0 Å². The molecule has 2 heterocycles. The van der Waals surface area contributed by atoms with Crippen LogP contribution in [0.4, 0.5) is 0 Å². The Balaban J connectivity index is 1.41. The molecule has 8 nitrogen and oxygen atoms in total. The Hall–Kier alpha value is -2.16. The first kappa shape index (κ1) is 17.7. The molecule has 134 valence electrons. The Labute approximate surface area is 150 Å². The molecule has 2 aromatic rings. The van der Waals surface area contributed by atoms with E-state index in [9.17, 15) is 4.79 Å². The quantitative estimate of drug-likeness (QED) is 0.568. The molecule has 0 fully saturated rings. The minimum absolute atomic E-state index is 0.0163. The van der Waals surface area contributed by atoms with E-state index in [4.69, 9.17) is 4.42 Å². The molecule has 0 spiro atoms. The first-order valence-electron chi connectivity index (χ1n) is 8.48. The van der Waals surface area contributed by atoms with Gasteiger partial charge in [0.15, 0.2) is 0 Å². The van der Waals surface area contributed by atoms with Crippen LogP contribution in [0.25, 0.3) is 0 Å². The topological polar surface area (TPSA) is 98.7 Å². The molecule has 25 heavy (non-hydrogen) atoms. The van der Waals surface area contributed by atoms with Gasteiger partial charge in [0, 0.05) is 6.54 Å². The molecule has 0 aliphatic heterocycles. The van der Waals surface area contributed by atoms with Gasteiger partial charge in [0.05, 0.1) is 5.25 Å². The van der Waals surface area contributed by atoms with E-state index < -0.39 is 0 Å². The molecular formula is C16H22N6O2S. The Kier molecular flexibility index (Phi) is 6.21. The number of thioether (sulfide) groups is 1. The van der Waals surface area contributed by atoms with Crippen molar-refractivity contribution in [2.45, 2.75) is 56.0 Å². The second-order valence-corrected chi connectivity index (χ2v) is 7.26. The average Bonchev–Trinajstić information content (AvgIpc) is 3.28. The number of amides is 1. The molecule has 0 saturated heterocycles. The van der Waals surface area contributed by atoms with Crippen LogP contribution in [0.15, 0.2) is 33.9 Å². The lowest BCUT2D eigenvalue weighted by Gasteiger charge is -2.14. The lowest BCUT2D eigenvalue weighted by molar-refractivity contribution is -0.120. The molecule has 3 rings (SSSR count). The Morgan fingerprint density at radius 2 is 2.36 bits per heavy atom. The number of nitrogens with zero attached hydrogens (tertiary/aromatic N) is 5. The van der Waals surface area contributed by atoms with Gasteiger partial charge in [-0.1, -0.05) is 23.4 Å². The number of nitrogens with one attached hydrogen (secondary N) is 1. The zero-order chi connectivity index (χ0) is 17.5. The lowest BCUT2D eigenvalue weighted by atomic mass is 9.97. The fraction of sp³-hybridized carbons (Fsp3) is 0.562. The summed E-state index contributed by atoms with van der Waals surface area (Å²) in [6, 6.07) is 0. The molecule has 1 aliphatic carbocycles. The summed E-state index contributed by atoms with van der Waals surface area (Å²) in [4.78, 5) is 16.0. The Morgan fingerprint density at radius 3 is 3.12 bits per heavy atom. The van der Waals surface area contributed by atoms with Gasteiger partial charge in [-0.3, -0.25) is 4.79 Å². The third-order valence-corrected chi connectivity index (χ3v) is 4.92. The number of hydrogen-bond acceptors (Lipinski definition) is 7. The monoisotopic (exact) mass is 362 g/mol. The van der Waals surface area contributed by atoms with E-state index in [2.05, 4.69) is 31.7 Å². The summed E-state index contributed by atoms with van der Waals surface area (Å²) in [5, 5.41) is 15.0. The molecular weight excluding hydrogens is 340 g/mol. The standard InChI is InChI=1S/C16H22N6O2S/c1-12(15(23)18-8-7-13-5-3-2-4-6-13)25-16-21-20-14(24-16)9-22-11-17-10-19-22/h5,10-12H,2-4,6-9H2,1H3,(H,18,23). The summed E-state index contributed by atoms with van der Waals surface area (Å²) < 4.78 is 7.14. The van der Waals surface area contributed by atoms with Crippen LogP contribution in [0.1, 0.15) is 44.9 Å². The Bertz CT molecular complexity index is 712. The largest absolute Gasteiger partial charge is 0.414 e. The molecule has 1 amide bonds. The summed E-state index contributed by atoms with van der Waals surface area (Å²) in [6.45, 7) is 2.88. The van der Waals surface area contributed by atoms with E-state index in [1.807, 2.05) is 6.92 Å². The lowest BCUT2D eigenvalue weighted by Crippen LogP contribution is -2.31. The van der Waals surface area contributed by atoms with E-state index in [1.165, 1.54) is 42.9 Å². The predicted molar refractivity (Wildman–Crippen MR) is 92.9 cm³/mol. The van der Waals surface area contributed by atoms with Crippen molar-refractivity contribution in [3.05, 3.63) is 30.2 Å². The van der Waals surface area contributed by atoms with Crippen LogP contribution in [-0.2, 0) is 11.3 Å². The van der Waals surface area contributed by atoms with E-state index in [0.29, 0.717) is 24.2 Å². The second kappa shape index (κ2) is 8.80. The van der Waals surface area contributed by atoms with Gasteiger partial charge in [0.1, 0.15) is 19.2 Å². The highest BCUT2D eigenvalue weighted by Gasteiger charge is 2.18. The third-order valence-electron chi connectivity index (χ3n) is 3.99. The normalized spacial score (nSPS) is 15.6. The zero-order valence-corrected chi connectivity index (χ0v) is 15.0. The number of carbonyl (C=O) groups is 1. The smallest absolute Gasteiger partial charge is 0.277 e. The number of aromatic nitrogens is 5. The minimum atomic E-state index is -0.292. The maximum absolute atomic E-state index is 12.2. The number of carbonyl (C=O) groups excluding carboxylic acids is 1. The van der Waals surface area contributed by atoms with Crippen molar-refractivity contribution in [1.82, 2.24) is 30.3 Å². The van der Waals surface area contributed by atoms with E-state index >= 15 is 0 Å². The summed E-state index contributed by atoms with van der Waals surface area (Å²) >= 11 is 1.26. The van der Waals surface area contributed by atoms with E-state index in [0.717, 1.165) is 12.8 Å². The zero-order valence-electron chi connectivity index (χ0n) is 14.2. The SMILES string of the molecule is CC(Sc1nnc(Cn2cncn2)o1)C(=O)NCCC1=CCCCC1. The van der Waals surface area contributed by atoms with Gasteiger partial charge in [-0.05, 0) is 39.0 Å². The molecule has 1 aliphatic rings. The Morgan fingerprint density at radius 1 is 1.44 bits per heavy atom. The van der Waals surface area contributed by atoms with Crippen molar-refractivity contribution in [2.24, 2.45) is 0 Å². The van der Waals surface area contributed by atoms with Crippen molar-refractivity contribution < 1.29 is 9.21 Å². The van der Waals surface area contributed by atoms with Crippen molar-refractivity contribution in [3.8, 4) is 0 Å². The summed E-state index contributed by atoms with van der Waals surface area (Å²) in [6.07, 6.45) is 11.2. The molecule has 0 saturated carbocycles. The van der Waals surface area contributed by atoms with Crippen LogP contribution in [0.3, 0.4) is 0 Å². The molecule has 0 aromatic carbocycles. The number of rotatable bonds is 8. The maximum Gasteiger partial charge on any atom is 0.277 e. The number of allylic oxidation sites excluding steroid dienone is 1. The van der Waals surface area contributed by atoms with Crippen molar-refractivity contribution in [2.75, 3.05) is 6.54 Å². The first-order valence-corrected chi connectivity index (χ1v) is 9.36. The van der Waals surface area contributed by atoms with E-state index in [-0.39, 0.29) is 11.2 Å². The summed E-state index contributed by atoms with van der Waals surface area (Å²) in [5.41, 5.74) is 1.46. The van der Waals surface area contributed by atoms with Crippen LogP contribution >= 0.6 is 11.8 Å². The summed E-state index contributed by atoms with van der Waals surface area (Å²) in [5.74, 6) is 0.419. The molecule has 1 unspecified atom stereocenters. The highest BCUT2D eigenvalue weighted by Crippen LogP contribution is 2.22. The molecule has 0 radical (unpaired) electrons. The second-order valence-electron chi connectivity index (χ2n) is 5.96. The van der Waals surface area contributed by atoms with Gasteiger partial charge in [-0.2, -0.15) is 5.10 Å². The van der Waals surface area contributed by atoms with Gasteiger partial charge in [-0.15, -0.1) is 10.2 Å². The van der Waals surface area contributed by atoms with Crippen molar-refractivity contribution >= 4 is 17.7 Å². The molecule has 1 atom stereocenters. The highest BCUT2D eigenvalue weighted by atomic mass is 32.2. The van der Waals surface area contributed by atoms with Gasteiger partial charge in [0.2, 0.25) is 11.8 Å². The first-order chi connectivity index (χ1) is 12.2. The average molecular weight is 362 g/mol. The highest BCUT2D eigenvalue weighted by molar-refractivity contribution is 8.00. The van der Waals surface area contributed by atoms with E-state index in [1.54, 1.807) is 11.0 Å². The van der Waals surface area contributed by atoms with Gasteiger partial charge < -0.3 is 9.73 Å². The number of hydrogen-bond donors (Lipinski definition) is 1. The predicted octanol–water partition coefficient (Wildman–Crippen LogP) is 2.20. The molecule has 9 heteroatoms. The minimum Gasteiger partial charge on any atom is -0.414 e. The fourth-order valence-electron chi connectivity index (χ4n) is 2.63. The molecule has 2 aromatic heterocycles. The van der Waals surface area contributed by atoms with Crippen molar-refractivity contribution in [1.29, 1.82) is 0 Å².